The van der Waals surface area contributed by atoms with Crippen LogP contribution in [0.4, 0.5) is 0 Å². The zero-order valence-corrected chi connectivity index (χ0v) is 13.2. The monoisotopic (exact) mass is 303 g/mol. The molecular formula is C17H25N3O2. The van der Waals surface area contributed by atoms with E-state index in [-0.39, 0.29) is 24.4 Å². The lowest BCUT2D eigenvalue weighted by Gasteiger charge is -2.23. The third kappa shape index (κ3) is 5.85. The van der Waals surface area contributed by atoms with Crippen molar-refractivity contribution in [1.82, 2.24) is 16.0 Å². The van der Waals surface area contributed by atoms with Crippen molar-refractivity contribution in [3.05, 3.63) is 35.4 Å². The van der Waals surface area contributed by atoms with Crippen molar-refractivity contribution < 1.29 is 9.59 Å². The molecular weight excluding hydrogens is 278 g/mol. The van der Waals surface area contributed by atoms with Crippen LogP contribution in [0.2, 0.25) is 0 Å². The average Bonchev–Trinajstić information content (AvgIpc) is 2.53. The summed E-state index contributed by atoms with van der Waals surface area (Å²) in [6.45, 7) is 3.93. The number of piperidine rings is 1. The Bertz CT molecular complexity index is 493. The highest BCUT2D eigenvalue weighted by molar-refractivity contribution is 5.84. The van der Waals surface area contributed by atoms with Gasteiger partial charge in [0, 0.05) is 19.0 Å². The summed E-state index contributed by atoms with van der Waals surface area (Å²) in [5.41, 5.74) is 2.35. The van der Waals surface area contributed by atoms with Gasteiger partial charge in [0.1, 0.15) is 0 Å². The molecule has 0 aromatic heterocycles. The molecule has 1 fully saturated rings. The number of benzene rings is 1. The molecule has 2 rings (SSSR count). The van der Waals surface area contributed by atoms with Crippen LogP contribution in [-0.2, 0) is 16.0 Å². The number of hydrogen-bond donors (Lipinski definition) is 3. The lowest BCUT2D eigenvalue weighted by Crippen LogP contribution is -2.48. The largest absolute Gasteiger partial charge is 0.351 e. The van der Waals surface area contributed by atoms with E-state index in [0.29, 0.717) is 12.8 Å². The molecule has 0 aliphatic carbocycles. The fraction of sp³-hybridized carbons (Fsp3) is 0.529. The summed E-state index contributed by atoms with van der Waals surface area (Å²) in [6, 6.07) is 8.33. The van der Waals surface area contributed by atoms with E-state index in [1.54, 1.807) is 0 Å². The van der Waals surface area contributed by atoms with Gasteiger partial charge in [-0.05, 0) is 38.3 Å². The Morgan fingerprint density at radius 3 is 2.68 bits per heavy atom. The number of carbonyl (C=O) groups excluding carboxylic acids is 2. The molecule has 1 heterocycles. The molecule has 2 amide bonds. The smallest absolute Gasteiger partial charge is 0.239 e. The molecule has 120 valence electrons. The van der Waals surface area contributed by atoms with E-state index in [1.807, 2.05) is 31.2 Å². The van der Waals surface area contributed by atoms with Crippen LogP contribution < -0.4 is 16.0 Å². The number of amides is 2. The van der Waals surface area contributed by atoms with Crippen LogP contribution in [0.5, 0.6) is 0 Å². The van der Waals surface area contributed by atoms with Crippen molar-refractivity contribution in [3.63, 3.8) is 0 Å². The first kappa shape index (κ1) is 16.5. The van der Waals surface area contributed by atoms with E-state index < -0.39 is 0 Å². The van der Waals surface area contributed by atoms with E-state index >= 15 is 0 Å². The fourth-order valence-corrected chi connectivity index (χ4v) is 2.53. The van der Waals surface area contributed by atoms with Crippen molar-refractivity contribution in [1.29, 1.82) is 0 Å². The minimum absolute atomic E-state index is 0.0588. The second kappa shape index (κ2) is 8.54. The van der Waals surface area contributed by atoms with E-state index in [9.17, 15) is 9.59 Å². The molecule has 1 atom stereocenters. The first-order valence-corrected chi connectivity index (χ1v) is 7.96. The predicted molar refractivity (Wildman–Crippen MR) is 86.5 cm³/mol. The van der Waals surface area contributed by atoms with E-state index in [2.05, 4.69) is 16.0 Å². The van der Waals surface area contributed by atoms with Crippen LogP contribution >= 0.6 is 0 Å². The van der Waals surface area contributed by atoms with Crippen molar-refractivity contribution in [2.45, 2.75) is 38.6 Å². The summed E-state index contributed by atoms with van der Waals surface area (Å²) in [7, 11) is 0. The molecule has 1 saturated heterocycles. The molecule has 1 aromatic carbocycles. The Morgan fingerprint density at radius 1 is 1.23 bits per heavy atom. The van der Waals surface area contributed by atoms with Gasteiger partial charge < -0.3 is 16.0 Å². The highest BCUT2D eigenvalue weighted by Crippen LogP contribution is 2.05. The quantitative estimate of drug-likeness (QED) is 0.732. The molecule has 5 heteroatoms. The number of nitrogens with one attached hydrogen (secondary N) is 3. The Kier molecular flexibility index (Phi) is 6.40. The van der Waals surface area contributed by atoms with Gasteiger partial charge in [-0.15, -0.1) is 0 Å². The first-order valence-electron chi connectivity index (χ1n) is 7.96. The maximum absolute atomic E-state index is 11.8. The summed E-state index contributed by atoms with van der Waals surface area (Å²) in [6.07, 6.45) is 3.18. The molecule has 0 spiro atoms. The van der Waals surface area contributed by atoms with Gasteiger partial charge in [-0.3, -0.25) is 9.59 Å². The molecule has 0 unspecified atom stereocenters. The summed E-state index contributed by atoms with van der Waals surface area (Å²) in [5.74, 6) is -0.199. The van der Waals surface area contributed by atoms with Crippen LogP contribution in [0.3, 0.4) is 0 Å². The molecule has 5 nitrogen and oxygen atoms in total. The number of aryl methyl sites for hydroxylation is 2. The number of hydrogen-bond acceptors (Lipinski definition) is 3. The van der Waals surface area contributed by atoms with Crippen LogP contribution in [0.25, 0.3) is 0 Å². The Labute approximate surface area is 131 Å². The van der Waals surface area contributed by atoms with Gasteiger partial charge in [0.25, 0.3) is 0 Å². The maximum Gasteiger partial charge on any atom is 0.239 e. The minimum Gasteiger partial charge on any atom is -0.351 e. The van der Waals surface area contributed by atoms with E-state index in [1.165, 1.54) is 5.56 Å². The van der Waals surface area contributed by atoms with Crippen LogP contribution in [0.1, 0.15) is 30.4 Å². The van der Waals surface area contributed by atoms with Gasteiger partial charge in [0.2, 0.25) is 11.8 Å². The molecule has 1 aliphatic heterocycles. The molecule has 3 N–H and O–H groups in total. The van der Waals surface area contributed by atoms with Gasteiger partial charge in [0.15, 0.2) is 0 Å². The molecule has 1 aromatic rings. The molecule has 1 aliphatic rings. The summed E-state index contributed by atoms with van der Waals surface area (Å²) < 4.78 is 0. The second-order valence-corrected chi connectivity index (χ2v) is 5.87. The summed E-state index contributed by atoms with van der Waals surface area (Å²) >= 11 is 0. The predicted octanol–water partition coefficient (Wildman–Crippen LogP) is 0.912. The molecule has 0 saturated carbocycles. The Hall–Kier alpha value is -1.88. The highest BCUT2D eigenvalue weighted by Gasteiger charge is 2.15. The first-order chi connectivity index (χ1) is 10.6. The molecule has 0 bridgehead atoms. The Morgan fingerprint density at radius 2 is 2.00 bits per heavy atom. The van der Waals surface area contributed by atoms with Gasteiger partial charge >= 0.3 is 0 Å². The maximum atomic E-state index is 11.8. The molecule has 0 radical (unpaired) electrons. The van der Waals surface area contributed by atoms with Gasteiger partial charge in [-0.2, -0.15) is 0 Å². The third-order valence-electron chi connectivity index (χ3n) is 3.87. The highest BCUT2D eigenvalue weighted by atomic mass is 16.2. The minimum atomic E-state index is -0.114. The van der Waals surface area contributed by atoms with Crippen molar-refractivity contribution in [3.8, 4) is 0 Å². The van der Waals surface area contributed by atoms with Crippen molar-refractivity contribution >= 4 is 11.8 Å². The van der Waals surface area contributed by atoms with Crippen LogP contribution in [0.15, 0.2) is 24.3 Å². The van der Waals surface area contributed by atoms with Gasteiger partial charge in [-0.1, -0.05) is 29.8 Å². The van der Waals surface area contributed by atoms with Crippen LogP contribution in [-0.4, -0.2) is 37.5 Å². The number of carbonyl (C=O) groups is 2. The summed E-state index contributed by atoms with van der Waals surface area (Å²) in [5, 5.41) is 8.87. The van der Waals surface area contributed by atoms with Crippen molar-refractivity contribution in [2.75, 3.05) is 19.6 Å². The van der Waals surface area contributed by atoms with Gasteiger partial charge in [0.05, 0.1) is 6.54 Å². The van der Waals surface area contributed by atoms with Crippen LogP contribution in [0, 0.1) is 6.92 Å². The Balaban J connectivity index is 1.62. The zero-order chi connectivity index (χ0) is 15.8. The zero-order valence-electron chi connectivity index (χ0n) is 13.2. The van der Waals surface area contributed by atoms with Crippen molar-refractivity contribution in [2.24, 2.45) is 0 Å². The lowest BCUT2D eigenvalue weighted by molar-refractivity contribution is -0.126. The second-order valence-electron chi connectivity index (χ2n) is 5.87. The van der Waals surface area contributed by atoms with E-state index in [4.69, 9.17) is 0 Å². The standard InChI is InChI=1S/C17H25N3O2/c1-13-4-6-14(7-5-13)8-9-16(21)19-12-17(22)20-15-3-2-10-18-11-15/h4-7,15,18H,2-3,8-12H2,1H3,(H,19,21)(H,20,22)/t15-/m0/s1. The van der Waals surface area contributed by atoms with Gasteiger partial charge in [-0.25, -0.2) is 0 Å². The fourth-order valence-electron chi connectivity index (χ4n) is 2.53. The third-order valence-corrected chi connectivity index (χ3v) is 3.87. The summed E-state index contributed by atoms with van der Waals surface area (Å²) in [4.78, 5) is 23.6. The normalized spacial score (nSPS) is 17.8. The average molecular weight is 303 g/mol. The SMILES string of the molecule is Cc1ccc(CCC(=O)NCC(=O)N[C@H]2CCCNC2)cc1. The van der Waals surface area contributed by atoms with E-state index in [0.717, 1.165) is 31.5 Å². The topological polar surface area (TPSA) is 70.2 Å². The molecule has 22 heavy (non-hydrogen) atoms. The lowest BCUT2D eigenvalue weighted by atomic mass is 10.1. The number of rotatable bonds is 6.